The fraction of sp³-hybridized carbons (Fsp3) is 0.500. The Balaban J connectivity index is 1.47. The van der Waals surface area contributed by atoms with E-state index in [1.165, 1.54) is 12.5 Å². The van der Waals surface area contributed by atoms with Crippen molar-refractivity contribution in [1.82, 2.24) is 19.8 Å². The Bertz CT molecular complexity index is 818. The molecule has 1 spiro atoms. The molecule has 1 atom stereocenters. The maximum atomic E-state index is 12.7. The minimum absolute atomic E-state index is 0.00989. The van der Waals surface area contributed by atoms with E-state index in [0.29, 0.717) is 31.6 Å². The van der Waals surface area contributed by atoms with Gasteiger partial charge in [0.15, 0.2) is 0 Å². The summed E-state index contributed by atoms with van der Waals surface area (Å²) in [6.07, 6.45) is 9.82. The van der Waals surface area contributed by atoms with Crippen LogP contribution >= 0.6 is 0 Å². The summed E-state index contributed by atoms with van der Waals surface area (Å²) in [4.78, 5) is 37.7. The molecule has 142 valence electrons. The van der Waals surface area contributed by atoms with Crippen molar-refractivity contribution in [1.29, 1.82) is 0 Å². The predicted molar refractivity (Wildman–Crippen MR) is 97.7 cm³/mol. The number of rotatable bonds is 3. The van der Waals surface area contributed by atoms with Crippen LogP contribution < -0.4 is 0 Å². The molecule has 7 heteroatoms. The van der Waals surface area contributed by atoms with E-state index in [-0.39, 0.29) is 17.2 Å². The van der Waals surface area contributed by atoms with Crippen molar-refractivity contribution in [3.8, 4) is 0 Å². The second kappa shape index (κ2) is 7.13. The van der Waals surface area contributed by atoms with E-state index in [4.69, 9.17) is 4.42 Å². The van der Waals surface area contributed by atoms with Crippen LogP contribution in [0, 0.1) is 12.3 Å². The molecule has 0 aliphatic carbocycles. The predicted octanol–water partition coefficient (Wildman–Crippen LogP) is 2.42. The highest BCUT2D eigenvalue weighted by Crippen LogP contribution is 2.39. The highest BCUT2D eigenvalue weighted by Gasteiger charge is 2.43. The van der Waals surface area contributed by atoms with Gasteiger partial charge in [-0.15, -0.1) is 0 Å². The van der Waals surface area contributed by atoms with E-state index in [0.717, 1.165) is 37.2 Å². The Morgan fingerprint density at radius 2 is 2.15 bits per heavy atom. The van der Waals surface area contributed by atoms with Gasteiger partial charge >= 0.3 is 0 Å². The molecule has 4 heterocycles. The number of furan rings is 1. The lowest BCUT2D eigenvalue weighted by Gasteiger charge is -2.48. The Morgan fingerprint density at radius 1 is 1.26 bits per heavy atom. The summed E-state index contributed by atoms with van der Waals surface area (Å²) in [5.74, 6) is 0.164. The quantitative estimate of drug-likeness (QED) is 0.831. The second-order valence-electron chi connectivity index (χ2n) is 7.74. The summed E-state index contributed by atoms with van der Waals surface area (Å²) in [5.41, 5.74) is 2.21. The van der Waals surface area contributed by atoms with Crippen LogP contribution in [0.2, 0.25) is 0 Å². The van der Waals surface area contributed by atoms with Gasteiger partial charge in [-0.25, -0.2) is 0 Å². The lowest BCUT2D eigenvalue weighted by molar-refractivity contribution is -0.139. The van der Waals surface area contributed by atoms with Crippen molar-refractivity contribution in [3.05, 3.63) is 47.9 Å². The molecule has 2 fully saturated rings. The SMILES string of the molecule is Cc1cnc(CN2C[C@]3(CCCN(C(=O)c4ccoc4)C3)CCC2=O)cn1. The minimum Gasteiger partial charge on any atom is -0.472 e. The average Bonchev–Trinajstić information content (AvgIpc) is 3.21. The molecule has 0 unspecified atom stereocenters. The summed E-state index contributed by atoms with van der Waals surface area (Å²) in [5, 5.41) is 0. The smallest absolute Gasteiger partial charge is 0.257 e. The number of piperidine rings is 2. The van der Waals surface area contributed by atoms with Crippen LogP contribution in [0.5, 0.6) is 0 Å². The molecular formula is C20H24N4O3. The Morgan fingerprint density at radius 3 is 2.89 bits per heavy atom. The number of likely N-dealkylation sites (tertiary alicyclic amines) is 2. The van der Waals surface area contributed by atoms with Gasteiger partial charge in [0, 0.05) is 37.7 Å². The highest BCUT2D eigenvalue weighted by atomic mass is 16.3. The van der Waals surface area contributed by atoms with Crippen molar-refractivity contribution in [2.24, 2.45) is 5.41 Å². The van der Waals surface area contributed by atoms with E-state index in [1.54, 1.807) is 18.5 Å². The first-order valence-electron chi connectivity index (χ1n) is 9.41. The fourth-order valence-electron chi connectivity index (χ4n) is 4.23. The molecule has 0 saturated carbocycles. The molecule has 0 radical (unpaired) electrons. The number of amides is 2. The number of hydrogen-bond acceptors (Lipinski definition) is 5. The van der Waals surface area contributed by atoms with Crippen LogP contribution in [0.4, 0.5) is 0 Å². The van der Waals surface area contributed by atoms with E-state index in [2.05, 4.69) is 9.97 Å². The monoisotopic (exact) mass is 368 g/mol. The summed E-state index contributed by atoms with van der Waals surface area (Å²) < 4.78 is 5.06. The second-order valence-corrected chi connectivity index (χ2v) is 7.74. The van der Waals surface area contributed by atoms with Crippen LogP contribution in [0.1, 0.15) is 47.4 Å². The number of carbonyl (C=O) groups excluding carboxylic acids is 2. The average molecular weight is 368 g/mol. The van der Waals surface area contributed by atoms with Gasteiger partial charge in [0.05, 0.1) is 36.0 Å². The van der Waals surface area contributed by atoms with E-state index in [1.807, 2.05) is 16.7 Å². The zero-order valence-electron chi connectivity index (χ0n) is 15.6. The van der Waals surface area contributed by atoms with Gasteiger partial charge in [-0.2, -0.15) is 0 Å². The molecule has 2 aliphatic heterocycles. The molecular weight excluding hydrogens is 344 g/mol. The lowest BCUT2D eigenvalue weighted by Crippen LogP contribution is -2.54. The standard InChI is InChI=1S/C20H24N4O3/c1-15-9-22-17(10-21-15)11-24-14-20(6-3-18(24)25)5-2-7-23(13-20)19(26)16-4-8-27-12-16/h4,8-10,12H,2-3,5-7,11,13-14H2,1H3/t20-/m1/s1. The third-order valence-electron chi connectivity index (χ3n) is 5.65. The van der Waals surface area contributed by atoms with Crippen molar-refractivity contribution < 1.29 is 14.0 Å². The highest BCUT2D eigenvalue weighted by molar-refractivity contribution is 5.94. The molecule has 0 bridgehead atoms. The Hall–Kier alpha value is -2.70. The minimum atomic E-state index is -0.0380. The molecule has 0 aromatic carbocycles. The third-order valence-corrected chi connectivity index (χ3v) is 5.65. The number of carbonyl (C=O) groups is 2. The first-order valence-corrected chi connectivity index (χ1v) is 9.41. The van der Waals surface area contributed by atoms with Gasteiger partial charge in [-0.3, -0.25) is 19.6 Å². The number of hydrogen-bond donors (Lipinski definition) is 0. The van der Waals surface area contributed by atoms with Crippen LogP contribution in [-0.4, -0.2) is 51.2 Å². The zero-order valence-corrected chi connectivity index (χ0v) is 15.6. The molecule has 2 amide bonds. The molecule has 2 aromatic heterocycles. The van der Waals surface area contributed by atoms with Gasteiger partial charge in [0.25, 0.3) is 5.91 Å². The van der Waals surface area contributed by atoms with E-state index in [9.17, 15) is 9.59 Å². The maximum absolute atomic E-state index is 12.7. The van der Waals surface area contributed by atoms with Gasteiger partial charge in [-0.1, -0.05) is 0 Å². The molecule has 2 aliphatic rings. The van der Waals surface area contributed by atoms with E-state index >= 15 is 0 Å². The van der Waals surface area contributed by atoms with Crippen LogP contribution in [0.15, 0.2) is 35.4 Å². The van der Waals surface area contributed by atoms with Crippen molar-refractivity contribution >= 4 is 11.8 Å². The van der Waals surface area contributed by atoms with E-state index < -0.39 is 0 Å². The third kappa shape index (κ3) is 3.72. The fourth-order valence-corrected chi connectivity index (χ4v) is 4.23. The van der Waals surface area contributed by atoms with Gasteiger partial charge < -0.3 is 14.2 Å². The molecule has 0 N–H and O–H groups in total. The summed E-state index contributed by atoms with van der Waals surface area (Å²) in [7, 11) is 0. The maximum Gasteiger partial charge on any atom is 0.257 e. The summed E-state index contributed by atoms with van der Waals surface area (Å²) >= 11 is 0. The van der Waals surface area contributed by atoms with Crippen LogP contribution in [-0.2, 0) is 11.3 Å². The summed E-state index contributed by atoms with van der Waals surface area (Å²) in [6, 6.07) is 1.70. The molecule has 2 saturated heterocycles. The summed E-state index contributed by atoms with van der Waals surface area (Å²) in [6.45, 7) is 4.47. The largest absolute Gasteiger partial charge is 0.472 e. The van der Waals surface area contributed by atoms with Crippen LogP contribution in [0.3, 0.4) is 0 Å². The Labute approximate surface area is 158 Å². The van der Waals surface area contributed by atoms with Crippen molar-refractivity contribution in [2.45, 2.75) is 39.2 Å². The number of nitrogens with zero attached hydrogens (tertiary/aromatic N) is 4. The molecule has 2 aromatic rings. The van der Waals surface area contributed by atoms with Gasteiger partial charge in [-0.05, 0) is 32.3 Å². The number of aromatic nitrogens is 2. The zero-order chi connectivity index (χ0) is 18.9. The van der Waals surface area contributed by atoms with Crippen LogP contribution in [0.25, 0.3) is 0 Å². The molecule has 27 heavy (non-hydrogen) atoms. The van der Waals surface area contributed by atoms with Crippen molar-refractivity contribution in [2.75, 3.05) is 19.6 Å². The number of aryl methyl sites for hydroxylation is 1. The first kappa shape index (κ1) is 17.7. The topological polar surface area (TPSA) is 79.5 Å². The molecule has 4 rings (SSSR count). The van der Waals surface area contributed by atoms with Crippen molar-refractivity contribution in [3.63, 3.8) is 0 Å². The Kier molecular flexibility index (Phi) is 4.68. The first-order chi connectivity index (χ1) is 13.0. The normalized spacial score (nSPS) is 23.1. The molecule has 7 nitrogen and oxygen atoms in total. The van der Waals surface area contributed by atoms with Gasteiger partial charge in [0.2, 0.25) is 5.91 Å². The lowest BCUT2D eigenvalue weighted by atomic mass is 9.73. The van der Waals surface area contributed by atoms with Gasteiger partial charge in [0.1, 0.15) is 6.26 Å².